The van der Waals surface area contributed by atoms with Crippen molar-refractivity contribution in [2.75, 3.05) is 0 Å². The van der Waals surface area contributed by atoms with Gasteiger partial charge in [-0.25, -0.2) is 0 Å². The molecule has 64 valence electrons. The molecule has 1 rings (SSSR count). The minimum atomic E-state index is 0.306. The molecule has 1 aliphatic carbocycles. The van der Waals surface area contributed by atoms with E-state index in [1.54, 1.807) is 6.92 Å². The molecular weight excluding hydrogens is 156 g/mol. The van der Waals surface area contributed by atoms with Crippen molar-refractivity contribution < 1.29 is 4.79 Å². The number of hydrogen-bond donors (Lipinski definition) is 1. The molecule has 1 nitrogen and oxygen atoms in total. The molecule has 0 spiro atoms. The summed E-state index contributed by atoms with van der Waals surface area (Å²) in [6, 6.07) is 0. The van der Waals surface area contributed by atoms with Crippen LogP contribution in [0.25, 0.3) is 0 Å². The minimum Gasteiger partial charge on any atom is -0.300 e. The van der Waals surface area contributed by atoms with Gasteiger partial charge in [-0.2, -0.15) is 12.6 Å². The maximum atomic E-state index is 11.1. The van der Waals surface area contributed by atoms with Crippen LogP contribution in [0.4, 0.5) is 0 Å². The monoisotopic (exact) mass is 172 g/mol. The Balaban J connectivity index is 2.45. The second-order valence-corrected chi connectivity index (χ2v) is 4.21. The number of ketones is 1. The molecule has 0 radical (unpaired) electrons. The van der Waals surface area contributed by atoms with Crippen molar-refractivity contribution in [1.29, 1.82) is 0 Å². The number of carbonyl (C=O) groups is 1. The highest BCUT2D eigenvalue weighted by atomic mass is 32.1. The van der Waals surface area contributed by atoms with E-state index < -0.39 is 0 Å². The molecule has 0 aromatic rings. The number of hydrogen-bond acceptors (Lipinski definition) is 2. The van der Waals surface area contributed by atoms with E-state index in [0.717, 1.165) is 12.8 Å². The average Bonchev–Trinajstić information content (AvgIpc) is 2.13. The summed E-state index contributed by atoms with van der Waals surface area (Å²) in [6.07, 6.45) is 5.73. The van der Waals surface area contributed by atoms with Crippen LogP contribution in [0.5, 0.6) is 0 Å². The quantitative estimate of drug-likeness (QED) is 0.475. The summed E-state index contributed by atoms with van der Waals surface area (Å²) >= 11 is 4.43. The highest BCUT2D eigenvalue weighted by Crippen LogP contribution is 2.26. The second kappa shape index (κ2) is 4.15. The summed E-state index contributed by atoms with van der Waals surface area (Å²) in [5, 5.41) is 0.464. The molecule has 1 fully saturated rings. The summed E-state index contributed by atoms with van der Waals surface area (Å²) in [6.45, 7) is 1.70. The van der Waals surface area contributed by atoms with E-state index in [-0.39, 0.29) is 0 Å². The highest BCUT2D eigenvalue weighted by molar-refractivity contribution is 7.80. The van der Waals surface area contributed by atoms with Crippen LogP contribution in [0, 0.1) is 5.92 Å². The molecule has 0 aromatic carbocycles. The van der Waals surface area contributed by atoms with Crippen LogP contribution in [0.1, 0.15) is 39.0 Å². The summed E-state index contributed by atoms with van der Waals surface area (Å²) in [5.41, 5.74) is 0. The van der Waals surface area contributed by atoms with Gasteiger partial charge in [0.05, 0.1) is 0 Å². The fourth-order valence-corrected chi connectivity index (χ4v) is 2.14. The first-order valence-corrected chi connectivity index (χ1v) is 4.90. The van der Waals surface area contributed by atoms with Crippen LogP contribution < -0.4 is 0 Å². The Labute approximate surface area is 74.0 Å². The fraction of sp³-hybridized carbons (Fsp3) is 0.889. The van der Waals surface area contributed by atoms with Gasteiger partial charge in [0.2, 0.25) is 0 Å². The Morgan fingerprint density at radius 3 is 2.64 bits per heavy atom. The first-order chi connectivity index (χ1) is 5.20. The van der Waals surface area contributed by atoms with E-state index >= 15 is 0 Å². The van der Waals surface area contributed by atoms with Crippen molar-refractivity contribution in [1.82, 2.24) is 0 Å². The minimum absolute atomic E-state index is 0.306. The predicted octanol–water partition coefficient (Wildman–Crippen LogP) is 2.45. The normalized spacial score (nSPS) is 32.9. The molecule has 2 heteroatoms. The van der Waals surface area contributed by atoms with Crippen LogP contribution in [-0.4, -0.2) is 11.0 Å². The molecule has 2 atom stereocenters. The predicted molar refractivity (Wildman–Crippen MR) is 50.0 cm³/mol. The van der Waals surface area contributed by atoms with E-state index in [1.165, 1.54) is 19.3 Å². The van der Waals surface area contributed by atoms with Crippen LogP contribution in [0.2, 0.25) is 0 Å². The van der Waals surface area contributed by atoms with Gasteiger partial charge < -0.3 is 0 Å². The lowest BCUT2D eigenvalue weighted by Crippen LogP contribution is -2.13. The fourth-order valence-electron chi connectivity index (χ4n) is 1.70. The third kappa shape index (κ3) is 2.86. The lowest BCUT2D eigenvalue weighted by atomic mass is 9.96. The second-order valence-electron chi connectivity index (χ2n) is 3.48. The topological polar surface area (TPSA) is 17.1 Å². The summed E-state index contributed by atoms with van der Waals surface area (Å²) < 4.78 is 0. The molecule has 1 saturated carbocycles. The molecule has 1 aliphatic rings. The molecule has 0 N–H and O–H groups in total. The maximum absolute atomic E-state index is 11.1. The zero-order chi connectivity index (χ0) is 8.27. The molecule has 11 heavy (non-hydrogen) atoms. The molecule has 0 aromatic heterocycles. The van der Waals surface area contributed by atoms with Crippen molar-refractivity contribution in [3.05, 3.63) is 0 Å². The first kappa shape index (κ1) is 9.11. The lowest BCUT2D eigenvalue weighted by molar-refractivity contribution is -0.121. The SMILES string of the molecule is CC(=O)C1CCCCC(S)C1. The van der Waals surface area contributed by atoms with Crippen molar-refractivity contribution in [2.45, 2.75) is 44.3 Å². The van der Waals surface area contributed by atoms with Gasteiger partial charge in [0.15, 0.2) is 0 Å². The number of carbonyl (C=O) groups excluding carboxylic acids is 1. The highest BCUT2D eigenvalue weighted by Gasteiger charge is 2.20. The molecule has 0 saturated heterocycles. The third-order valence-corrected chi connectivity index (χ3v) is 2.94. The van der Waals surface area contributed by atoms with E-state index in [1.807, 2.05) is 0 Å². The molecule has 2 unspecified atom stereocenters. The summed E-state index contributed by atoms with van der Waals surface area (Å²) in [7, 11) is 0. The van der Waals surface area contributed by atoms with Gasteiger partial charge in [-0.1, -0.05) is 12.8 Å². The molecule has 0 heterocycles. The third-order valence-electron chi connectivity index (χ3n) is 2.47. The van der Waals surface area contributed by atoms with Gasteiger partial charge in [-0.15, -0.1) is 0 Å². The first-order valence-electron chi connectivity index (χ1n) is 4.38. The van der Waals surface area contributed by atoms with Gasteiger partial charge >= 0.3 is 0 Å². The Morgan fingerprint density at radius 1 is 1.36 bits per heavy atom. The summed E-state index contributed by atoms with van der Waals surface area (Å²) in [5.74, 6) is 0.658. The van der Waals surface area contributed by atoms with Crippen LogP contribution in [0.3, 0.4) is 0 Å². The Morgan fingerprint density at radius 2 is 2.00 bits per heavy atom. The standard InChI is InChI=1S/C9H16OS/c1-7(10)8-4-2-3-5-9(11)6-8/h8-9,11H,2-6H2,1H3. The number of thiol groups is 1. The number of rotatable bonds is 1. The Kier molecular flexibility index (Phi) is 3.44. The molecule has 0 bridgehead atoms. The molecule has 0 aliphatic heterocycles. The largest absolute Gasteiger partial charge is 0.300 e. The van der Waals surface area contributed by atoms with Gasteiger partial charge in [0, 0.05) is 11.2 Å². The van der Waals surface area contributed by atoms with Crippen molar-refractivity contribution >= 4 is 18.4 Å². The van der Waals surface area contributed by atoms with Crippen LogP contribution in [-0.2, 0) is 4.79 Å². The zero-order valence-corrected chi connectivity index (χ0v) is 7.94. The zero-order valence-electron chi connectivity index (χ0n) is 7.05. The molecule has 0 amide bonds. The molecular formula is C9H16OS. The van der Waals surface area contributed by atoms with Crippen LogP contribution in [0.15, 0.2) is 0 Å². The van der Waals surface area contributed by atoms with Gasteiger partial charge in [-0.05, 0) is 26.2 Å². The van der Waals surface area contributed by atoms with Crippen molar-refractivity contribution in [3.63, 3.8) is 0 Å². The smallest absolute Gasteiger partial charge is 0.132 e. The van der Waals surface area contributed by atoms with E-state index in [9.17, 15) is 4.79 Å². The van der Waals surface area contributed by atoms with Gasteiger partial charge in [0.25, 0.3) is 0 Å². The number of Topliss-reactive ketones (excluding diaryl/α,β-unsaturated/α-hetero) is 1. The van der Waals surface area contributed by atoms with E-state index in [4.69, 9.17) is 0 Å². The van der Waals surface area contributed by atoms with Gasteiger partial charge in [-0.3, -0.25) is 4.79 Å². The lowest BCUT2D eigenvalue weighted by Gasteiger charge is -2.12. The van der Waals surface area contributed by atoms with Crippen molar-refractivity contribution in [2.24, 2.45) is 5.92 Å². The maximum Gasteiger partial charge on any atom is 0.132 e. The van der Waals surface area contributed by atoms with Crippen LogP contribution >= 0.6 is 12.6 Å². The van der Waals surface area contributed by atoms with Crippen molar-refractivity contribution in [3.8, 4) is 0 Å². The summed E-state index contributed by atoms with van der Waals surface area (Å²) in [4.78, 5) is 11.1. The average molecular weight is 172 g/mol. The van der Waals surface area contributed by atoms with E-state index in [2.05, 4.69) is 12.6 Å². The van der Waals surface area contributed by atoms with E-state index in [0.29, 0.717) is 17.0 Å². The Hall–Kier alpha value is 0.0200. The van der Waals surface area contributed by atoms with Gasteiger partial charge in [0.1, 0.15) is 5.78 Å². The Bertz CT molecular complexity index is 144.